The Balaban J connectivity index is 2.52. The van der Waals surface area contributed by atoms with Gasteiger partial charge in [0.05, 0.1) is 0 Å². The minimum absolute atomic E-state index is 0.264. The lowest BCUT2D eigenvalue weighted by atomic mass is 9.74. The van der Waals surface area contributed by atoms with Gasteiger partial charge in [0.15, 0.2) is 0 Å². The Kier molecular flexibility index (Phi) is 6.01. The van der Waals surface area contributed by atoms with Gasteiger partial charge in [0, 0.05) is 30.7 Å². The van der Waals surface area contributed by atoms with E-state index in [0.717, 1.165) is 18.7 Å². The standard InChI is InChI=1S/C14H27NOS/c1-10-6-11(2)13(14(16)7-10)8-15(4)12(3)9-17-5/h10-13H,6-9H2,1-5H3. The quantitative estimate of drug-likeness (QED) is 0.755. The maximum Gasteiger partial charge on any atom is 0.137 e. The van der Waals surface area contributed by atoms with Crippen LogP contribution in [0.5, 0.6) is 0 Å². The Morgan fingerprint density at radius 1 is 1.47 bits per heavy atom. The van der Waals surface area contributed by atoms with E-state index in [0.29, 0.717) is 23.7 Å². The second kappa shape index (κ2) is 6.79. The average molecular weight is 257 g/mol. The molecule has 0 heterocycles. The van der Waals surface area contributed by atoms with E-state index in [9.17, 15) is 4.79 Å². The van der Waals surface area contributed by atoms with Crippen LogP contribution < -0.4 is 0 Å². The van der Waals surface area contributed by atoms with Crippen LogP contribution in [0.15, 0.2) is 0 Å². The van der Waals surface area contributed by atoms with E-state index in [4.69, 9.17) is 0 Å². The molecule has 0 spiro atoms. The SMILES string of the molecule is CSCC(C)N(C)CC1C(=O)CC(C)CC1C. The molecule has 2 nitrogen and oxygen atoms in total. The van der Waals surface area contributed by atoms with Crippen molar-refractivity contribution in [2.75, 3.05) is 25.6 Å². The summed E-state index contributed by atoms with van der Waals surface area (Å²) in [6.45, 7) is 7.63. The molecule has 0 saturated heterocycles. The molecule has 0 aromatic heterocycles. The van der Waals surface area contributed by atoms with Crippen LogP contribution >= 0.6 is 11.8 Å². The summed E-state index contributed by atoms with van der Waals surface area (Å²) in [4.78, 5) is 14.5. The number of carbonyl (C=O) groups excluding carboxylic acids is 1. The Hall–Kier alpha value is -0.0200. The van der Waals surface area contributed by atoms with Gasteiger partial charge in [0.1, 0.15) is 5.78 Å². The molecule has 0 aromatic rings. The van der Waals surface area contributed by atoms with Crippen molar-refractivity contribution >= 4 is 17.5 Å². The fraction of sp³-hybridized carbons (Fsp3) is 0.929. The van der Waals surface area contributed by atoms with E-state index in [-0.39, 0.29) is 5.92 Å². The van der Waals surface area contributed by atoms with Crippen LogP contribution in [-0.4, -0.2) is 42.3 Å². The van der Waals surface area contributed by atoms with E-state index >= 15 is 0 Å². The summed E-state index contributed by atoms with van der Waals surface area (Å²) >= 11 is 1.88. The topological polar surface area (TPSA) is 20.3 Å². The highest BCUT2D eigenvalue weighted by atomic mass is 32.2. The average Bonchev–Trinajstić information content (AvgIpc) is 2.23. The summed E-state index contributed by atoms with van der Waals surface area (Å²) in [6.07, 6.45) is 4.14. The Bertz CT molecular complexity index is 257. The fourth-order valence-electron chi connectivity index (χ4n) is 2.83. The van der Waals surface area contributed by atoms with E-state index in [1.54, 1.807) is 0 Å². The second-order valence-corrected chi connectivity index (χ2v) is 6.75. The number of ketones is 1. The summed E-state index contributed by atoms with van der Waals surface area (Å²) in [5, 5.41) is 0. The van der Waals surface area contributed by atoms with Crippen LogP contribution in [-0.2, 0) is 4.79 Å². The first-order chi connectivity index (χ1) is 7.95. The number of rotatable bonds is 5. The molecule has 0 N–H and O–H groups in total. The Morgan fingerprint density at radius 2 is 2.12 bits per heavy atom. The summed E-state index contributed by atoms with van der Waals surface area (Å²) in [7, 11) is 2.15. The van der Waals surface area contributed by atoms with E-state index in [1.165, 1.54) is 6.42 Å². The molecule has 0 aliphatic heterocycles. The van der Waals surface area contributed by atoms with Gasteiger partial charge in [-0.3, -0.25) is 4.79 Å². The van der Waals surface area contributed by atoms with Crippen molar-refractivity contribution in [1.29, 1.82) is 0 Å². The van der Waals surface area contributed by atoms with Gasteiger partial charge in [-0.1, -0.05) is 13.8 Å². The number of nitrogens with zero attached hydrogens (tertiary/aromatic N) is 1. The maximum absolute atomic E-state index is 12.1. The van der Waals surface area contributed by atoms with Gasteiger partial charge in [-0.25, -0.2) is 0 Å². The van der Waals surface area contributed by atoms with E-state index < -0.39 is 0 Å². The molecule has 3 heteroatoms. The molecule has 1 aliphatic carbocycles. The predicted molar refractivity (Wildman–Crippen MR) is 76.5 cm³/mol. The summed E-state index contributed by atoms with van der Waals surface area (Å²) in [5.74, 6) is 3.03. The first kappa shape index (κ1) is 15.0. The lowest BCUT2D eigenvalue weighted by molar-refractivity contribution is -0.128. The van der Waals surface area contributed by atoms with Gasteiger partial charge < -0.3 is 4.90 Å². The van der Waals surface area contributed by atoms with E-state index in [1.807, 2.05) is 11.8 Å². The zero-order valence-corrected chi connectivity index (χ0v) is 12.7. The number of hydrogen-bond donors (Lipinski definition) is 0. The summed E-state index contributed by atoms with van der Waals surface area (Å²) in [6, 6.07) is 0.560. The lowest BCUT2D eigenvalue weighted by Crippen LogP contribution is -2.42. The van der Waals surface area contributed by atoms with Crippen LogP contribution in [0.3, 0.4) is 0 Å². The first-order valence-electron chi connectivity index (χ1n) is 6.67. The minimum atomic E-state index is 0.264. The molecular formula is C14H27NOS. The van der Waals surface area contributed by atoms with Crippen molar-refractivity contribution in [3.63, 3.8) is 0 Å². The third-order valence-electron chi connectivity index (χ3n) is 4.07. The minimum Gasteiger partial charge on any atom is -0.302 e. The van der Waals surface area contributed by atoms with Crippen LogP contribution in [0.2, 0.25) is 0 Å². The molecule has 0 radical (unpaired) electrons. The van der Waals surface area contributed by atoms with Crippen LogP contribution in [0.1, 0.15) is 33.6 Å². The fourth-order valence-corrected chi connectivity index (χ4v) is 3.57. The zero-order chi connectivity index (χ0) is 13.0. The van der Waals surface area contributed by atoms with Crippen molar-refractivity contribution in [1.82, 2.24) is 4.90 Å². The molecule has 0 amide bonds. The highest BCUT2D eigenvalue weighted by Gasteiger charge is 2.33. The van der Waals surface area contributed by atoms with Crippen molar-refractivity contribution in [3.05, 3.63) is 0 Å². The van der Waals surface area contributed by atoms with Gasteiger partial charge >= 0.3 is 0 Å². The van der Waals surface area contributed by atoms with Gasteiger partial charge in [-0.2, -0.15) is 11.8 Å². The van der Waals surface area contributed by atoms with Crippen molar-refractivity contribution in [2.45, 2.75) is 39.7 Å². The number of hydrogen-bond acceptors (Lipinski definition) is 3. The number of thioether (sulfide) groups is 1. The molecule has 1 fully saturated rings. The zero-order valence-electron chi connectivity index (χ0n) is 11.9. The van der Waals surface area contributed by atoms with Crippen LogP contribution in [0.4, 0.5) is 0 Å². The van der Waals surface area contributed by atoms with Crippen LogP contribution in [0.25, 0.3) is 0 Å². The summed E-state index contributed by atoms with van der Waals surface area (Å²) < 4.78 is 0. The lowest BCUT2D eigenvalue weighted by Gasteiger charge is -2.35. The third kappa shape index (κ3) is 4.29. The van der Waals surface area contributed by atoms with Gasteiger partial charge in [-0.15, -0.1) is 0 Å². The molecule has 1 rings (SSSR count). The van der Waals surface area contributed by atoms with Crippen molar-refractivity contribution < 1.29 is 4.79 Å². The highest BCUT2D eigenvalue weighted by Crippen LogP contribution is 2.31. The largest absolute Gasteiger partial charge is 0.302 e. The molecular weight excluding hydrogens is 230 g/mol. The molecule has 0 bridgehead atoms. The normalized spacial score (nSPS) is 31.9. The van der Waals surface area contributed by atoms with Crippen LogP contribution in [0, 0.1) is 17.8 Å². The van der Waals surface area contributed by atoms with E-state index in [2.05, 4.69) is 39.0 Å². The Morgan fingerprint density at radius 3 is 2.65 bits per heavy atom. The highest BCUT2D eigenvalue weighted by molar-refractivity contribution is 7.98. The van der Waals surface area contributed by atoms with Gasteiger partial charge in [-0.05, 0) is 38.5 Å². The molecule has 1 saturated carbocycles. The molecule has 4 unspecified atom stereocenters. The second-order valence-electron chi connectivity index (χ2n) is 5.84. The van der Waals surface area contributed by atoms with Crippen molar-refractivity contribution in [3.8, 4) is 0 Å². The van der Waals surface area contributed by atoms with Gasteiger partial charge in [0.2, 0.25) is 0 Å². The van der Waals surface area contributed by atoms with Crippen molar-refractivity contribution in [2.24, 2.45) is 17.8 Å². The number of carbonyl (C=O) groups is 1. The molecule has 100 valence electrons. The predicted octanol–water partition coefficient (Wildman–Crippen LogP) is 2.92. The smallest absolute Gasteiger partial charge is 0.137 e. The monoisotopic (exact) mass is 257 g/mol. The molecule has 4 atom stereocenters. The van der Waals surface area contributed by atoms with Gasteiger partial charge in [0.25, 0.3) is 0 Å². The Labute approximate surface area is 111 Å². The molecule has 1 aliphatic rings. The molecule has 0 aromatic carbocycles. The first-order valence-corrected chi connectivity index (χ1v) is 8.07. The summed E-state index contributed by atoms with van der Waals surface area (Å²) in [5.41, 5.74) is 0. The maximum atomic E-state index is 12.1. The molecule has 17 heavy (non-hydrogen) atoms. The third-order valence-corrected chi connectivity index (χ3v) is 4.88. The number of Topliss-reactive ketones (excluding diaryl/α,β-unsaturated/α-hetero) is 1.